The van der Waals surface area contributed by atoms with Gasteiger partial charge in [-0.05, 0) is 12.1 Å². The van der Waals surface area contributed by atoms with Crippen molar-refractivity contribution in [2.24, 2.45) is 0 Å². The molecule has 14 heteroatoms. The zero-order valence-electron chi connectivity index (χ0n) is 11.9. The van der Waals surface area contributed by atoms with E-state index in [1.807, 2.05) is 0 Å². The highest BCUT2D eigenvalue weighted by Crippen LogP contribution is 2.42. The van der Waals surface area contributed by atoms with Crippen molar-refractivity contribution < 1.29 is 30.6 Å². The van der Waals surface area contributed by atoms with Crippen molar-refractivity contribution in [2.75, 3.05) is 5.73 Å². The average molecular weight is 437 g/mol. The standard InChI is InChI=1S/C12H4Cl2F6N4OS/c13-7-4(11(15,16)17)1-2-6(8(7)14)24-10(22)9(5(3-21)23-24)26(25)12(18,19)20/h1-2H,22H2. The SMILES string of the molecule is N#Cc1nn(-c2ccc(C(F)(F)F)c(Cl)c2Cl)c(N)c1S(=O)C(F)(F)F. The van der Waals surface area contributed by atoms with Crippen molar-refractivity contribution in [2.45, 2.75) is 16.6 Å². The molecule has 0 spiro atoms. The van der Waals surface area contributed by atoms with Gasteiger partial charge in [-0.25, -0.2) is 8.89 Å². The Balaban J connectivity index is 2.73. The number of halogens is 8. The van der Waals surface area contributed by atoms with Gasteiger partial charge in [-0.1, -0.05) is 23.2 Å². The number of nitrogens with zero attached hydrogens (tertiary/aromatic N) is 3. The van der Waals surface area contributed by atoms with Gasteiger partial charge in [0, 0.05) is 0 Å². The summed E-state index contributed by atoms with van der Waals surface area (Å²) in [7, 11) is -3.69. The zero-order chi connectivity index (χ0) is 20.0. The van der Waals surface area contributed by atoms with Gasteiger partial charge in [0.1, 0.15) is 16.8 Å². The van der Waals surface area contributed by atoms with Crippen LogP contribution in [0.5, 0.6) is 0 Å². The van der Waals surface area contributed by atoms with Crippen molar-refractivity contribution in [3.63, 3.8) is 0 Å². The molecule has 1 heterocycles. The predicted octanol–water partition coefficient (Wildman–Crippen LogP) is 4.28. The van der Waals surface area contributed by atoms with Gasteiger partial charge in [-0.2, -0.15) is 36.7 Å². The van der Waals surface area contributed by atoms with E-state index in [0.717, 1.165) is 6.07 Å². The Morgan fingerprint density at radius 3 is 2.19 bits per heavy atom. The van der Waals surface area contributed by atoms with E-state index in [9.17, 15) is 30.6 Å². The molecular weight excluding hydrogens is 433 g/mol. The first-order valence-corrected chi connectivity index (χ1v) is 8.04. The molecule has 2 aromatic rings. The van der Waals surface area contributed by atoms with Crippen LogP contribution in [0.1, 0.15) is 11.3 Å². The highest BCUT2D eigenvalue weighted by molar-refractivity contribution is 7.86. The largest absolute Gasteiger partial charge is 0.476 e. The lowest BCUT2D eigenvalue weighted by Crippen LogP contribution is -2.18. The van der Waals surface area contributed by atoms with Crippen LogP contribution in [-0.2, 0) is 17.0 Å². The Labute approximate surface area is 153 Å². The summed E-state index contributed by atoms with van der Waals surface area (Å²) in [6, 6.07) is 2.55. The minimum absolute atomic E-state index is 0.427. The van der Waals surface area contributed by atoms with Gasteiger partial charge in [0.15, 0.2) is 16.5 Å². The number of benzene rings is 1. The third-order valence-electron chi connectivity index (χ3n) is 2.97. The maximum Gasteiger partial charge on any atom is 0.476 e. The van der Waals surface area contributed by atoms with E-state index in [0.29, 0.717) is 10.7 Å². The molecule has 0 aliphatic heterocycles. The number of hydrogen-bond donors (Lipinski definition) is 1. The molecule has 1 aromatic heterocycles. The maximum absolute atomic E-state index is 12.8. The molecule has 0 aliphatic carbocycles. The van der Waals surface area contributed by atoms with Crippen molar-refractivity contribution >= 4 is 39.8 Å². The lowest BCUT2D eigenvalue weighted by atomic mass is 10.2. The second kappa shape index (κ2) is 6.64. The van der Waals surface area contributed by atoms with E-state index in [4.69, 9.17) is 34.2 Å². The van der Waals surface area contributed by atoms with E-state index in [-0.39, 0.29) is 0 Å². The lowest BCUT2D eigenvalue weighted by molar-refractivity contribution is -0.137. The second-order valence-corrected chi connectivity index (χ2v) is 6.72. The number of hydrogen-bond acceptors (Lipinski definition) is 4. The van der Waals surface area contributed by atoms with E-state index in [1.165, 1.54) is 6.07 Å². The third-order valence-corrected chi connectivity index (χ3v) is 5.04. The molecule has 2 N–H and O–H groups in total. The summed E-state index contributed by atoms with van der Waals surface area (Å²) in [5, 5.41) is 10.7. The molecular formula is C12H4Cl2F6N4OS. The van der Waals surface area contributed by atoms with Crippen LogP contribution in [0.4, 0.5) is 32.2 Å². The van der Waals surface area contributed by atoms with Crippen molar-refractivity contribution in [1.29, 1.82) is 5.26 Å². The topological polar surface area (TPSA) is 84.7 Å². The van der Waals surface area contributed by atoms with Crippen LogP contribution in [0.15, 0.2) is 17.0 Å². The Hall–Kier alpha value is -1.97. The molecule has 26 heavy (non-hydrogen) atoms. The molecule has 0 amide bonds. The van der Waals surface area contributed by atoms with E-state index in [1.54, 1.807) is 0 Å². The molecule has 0 saturated carbocycles. The van der Waals surface area contributed by atoms with Crippen LogP contribution in [0.2, 0.25) is 10.0 Å². The summed E-state index contributed by atoms with van der Waals surface area (Å²) in [5.41, 5.74) is -2.40. The number of nitriles is 1. The Bertz CT molecular complexity index is 947. The summed E-state index contributed by atoms with van der Waals surface area (Å²) >= 11 is 11.3. The van der Waals surface area contributed by atoms with E-state index >= 15 is 0 Å². The molecule has 0 aliphatic rings. The quantitative estimate of drug-likeness (QED) is 0.712. The van der Waals surface area contributed by atoms with E-state index < -0.39 is 60.2 Å². The summed E-state index contributed by atoms with van der Waals surface area (Å²) in [6.45, 7) is 0. The fraction of sp³-hybridized carbons (Fsp3) is 0.167. The highest BCUT2D eigenvalue weighted by Gasteiger charge is 2.42. The number of rotatable bonds is 2. The van der Waals surface area contributed by atoms with Gasteiger partial charge < -0.3 is 5.73 Å². The number of aromatic nitrogens is 2. The smallest absolute Gasteiger partial charge is 0.383 e. The van der Waals surface area contributed by atoms with Crippen LogP contribution in [0.3, 0.4) is 0 Å². The van der Waals surface area contributed by atoms with Gasteiger partial charge in [0.05, 0.1) is 21.3 Å². The fourth-order valence-electron chi connectivity index (χ4n) is 1.89. The maximum atomic E-state index is 12.8. The number of nitrogen functional groups attached to an aromatic ring is 1. The summed E-state index contributed by atoms with van der Waals surface area (Å²) in [6.07, 6.45) is -4.84. The molecule has 1 atom stereocenters. The molecule has 1 unspecified atom stereocenters. The third kappa shape index (κ3) is 3.46. The summed E-state index contributed by atoms with van der Waals surface area (Å²) < 4.78 is 88.5. The first kappa shape index (κ1) is 20.3. The van der Waals surface area contributed by atoms with Gasteiger partial charge in [-0.15, -0.1) is 0 Å². The molecule has 5 nitrogen and oxygen atoms in total. The minimum atomic E-state index is -5.24. The van der Waals surface area contributed by atoms with Crippen LogP contribution in [0.25, 0.3) is 5.69 Å². The van der Waals surface area contributed by atoms with Crippen LogP contribution < -0.4 is 5.73 Å². The minimum Gasteiger partial charge on any atom is -0.383 e. The first-order valence-electron chi connectivity index (χ1n) is 6.13. The molecule has 140 valence electrons. The van der Waals surface area contributed by atoms with Crippen LogP contribution in [0, 0.1) is 11.3 Å². The second-order valence-electron chi connectivity index (χ2n) is 4.56. The van der Waals surface area contributed by atoms with Gasteiger partial charge in [0.25, 0.3) is 0 Å². The first-order chi connectivity index (χ1) is 11.8. The van der Waals surface area contributed by atoms with Crippen molar-refractivity contribution in [3.8, 4) is 11.8 Å². The van der Waals surface area contributed by atoms with E-state index in [2.05, 4.69) is 5.10 Å². The molecule has 2 rings (SSSR count). The predicted molar refractivity (Wildman–Crippen MR) is 80.2 cm³/mol. The Morgan fingerprint density at radius 1 is 1.15 bits per heavy atom. The highest BCUT2D eigenvalue weighted by atomic mass is 35.5. The van der Waals surface area contributed by atoms with Crippen molar-refractivity contribution in [1.82, 2.24) is 9.78 Å². The average Bonchev–Trinajstić information content (AvgIpc) is 2.83. The zero-order valence-corrected chi connectivity index (χ0v) is 14.2. The lowest BCUT2D eigenvalue weighted by Gasteiger charge is -2.13. The number of anilines is 1. The Kier molecular flexibility index (Phi) is 5.19. The molecule has 0 saturated heterocycles. The summed E-state index contributed by atoms with van der Waals surface area (Å²) in [5.74, 6) is -0.880. The monoisotopic (exact) mass is 436 g/mol. The molecule has 0 fully saturated rings. The normalized spacial score (nSPS) is 13.5. The molecule has 1 aromatic carbocycles. The fourth-order valence-corrected chi connectivity index (χ4v) is 3.18. The van der Waals surface area contributed by atoms with Crippen molar-refractivity contribution in [3.05, 3.63) is 33.4 Å². The molecule has 0 bridgehead atoms. The van der Waals surface area contributed by atoms with Gasteiger partial charge in [0.2, 0.25) is 0 Å². The van der Waals surface area contributed by atoms with Gasteiger partial charge >= 0.3 is 11.7 Å². The number of alkyl halides is 6. The number of nitrogens with two attached hydrogens (primary N) is 1. The van der Waals surface area contributed by atoms with Gasteiger partial charge in [-0.3, -0.25) is 0 Å². The molecule has 0 radical (unpaired) electrons. The summed E-state index contributed by atoms with van der Waals surface area (Å²) in [4.78, 5) is -1.13. The van der Waals surface area contributed by atoms with Crippen LogP contribution in [-0.4, -0.2) is 19.5 Å². The van der Waals surface area contributed by atoms with Crippen LogP contribution >= 0.6 is 23.2 Å². The Morgan fingerprint density at radius 2 is 1.73 bits per heavy atom.